The zero-order valence-corrected chi connectivity index (χ0v) is 10.6. The van der Waals surface area contributed by atoms with Crippen molar-refractivity contribution in [1.82, 2.24) is 4.90 Å². The largest absolute Gasteiger partial charge is 0.380 e. The molecule has 1 rings (SSSR count). The lowest BCUT2D eigenvalue weighted by Gasteiger charge is -2.33. The first-order valence-electron chi connectivity index (χ1n) is 6.11. The summed E-state index contributed by atoms with van der Waals surface area (Å²) in [5.74, 6) is 0.539. The smallest absolute Gasteiger partial charge is 0.239 e. The van der Waals surface area contributed by atoms with E-state index >= 15 is 0 Å². The Morgan fingerprint density at radius 1 is 1.56 bits per heavy atom. The van der Waals surface area contributed by atoms with Gasteiger partial charge in [-0.3, -0.25) is 4.79 Å². The van der Waals surface area contributed by atoms with Gasteiger partial charge >= 0.3 is 0 Å². The molecule has 0 bridgehead atoms. The number of likely N-dealkylation sites (tertiary alicyclic amines) is 1. The Balaban J connectivity index is 2.46. The van der Waals surface area contributed by atoms with Gasteiger partial charge in [0.1, 0.15) is 0 Å². The molecule has 1 fully saturated rings. The van der Waals surface area contributed by atoms with Crippen LogP contribution in [0.15, 0.2) is 0 Å². The van der Waals surface area contributed by atoms with Crippen molar-refractivity contribution in [3.8, 4) is 0 Å². The van der Waals surface area contributed by atoms with Crippen LogP contribution in [0.2, 0.25) is 0 Å². The second-order valence-corrected chi connectivity index (χ2v) is 5.02. The van der Waals surface area contributed by atoms with Crippen molar-refractivity contribution in [2.24, 2.45) is 11.7 Å². The Kier molecular flexibility index (Phi) is 5.22. The van der Waals surface area contributed by atoms with E-state index in [0.717, 1.165) is 25.8 Å². The van der Waals surface area contributed by atoms with E-state index in [9.17, 15) is 4.79 Å². The van der Waals surface area contributed by atoms with Crippen molar-refractivity contribution in [1.29, 1.82) is 0 Å². The fourth-order valence-electron chi connectivity index (χ4n) is 2.17. The van der Waals surface area contributed by atoms with Gasteiger partial charge in [0.05, 0.1) is 12.1 Å². The van der Waals surface area contributed by atoms with Crippen molar-refractivity contribution in [2.45, 2.75) is 45.3 Å². The van der Waals surface area contributed by atoms with Gasteiger partial charge in [0.2, 0.25) is 5.91 Å². The molecule has 0 radical (unpaired) electrons. The highest BCUT2D eigenvalue weighted by Gasteiger charge is 2.27. The first kappa shape index (κ1) is 13.5. The molecule has 0 unspecified atom stereocenters. The molecule has 0 aromatic heterocycles. The predicted octanol–water partition coefficient (Wildman–Crippen LogP) is 0.997. The molecule has 4 nitrogen and oxygen atoms in total. The van der Waals surface area contributed by atoms with Gasteiger partial charge in [0.25, 0.3) is 0 Å². The number of carbonyl (C=O) groups excluding carboxylic acids is 1. The third-order valence-electron chi connectivity index (χ3n) is 3.07. The summed E-state index contributed by atoms with van der Waals surface area (Å²) < 4.78 is 5.30. The van der Waals surface area contributed by atoms with Crippen molar-refractivity contribution in [2.75, 3.05) is 20.2 Å². The van der Waals surface area contributed by atoms with Crippen LogP contribution in [0, 0.1) is 5.92 Å². The third-order valence-corrected chi connectivity index (χ3v) is 3.07. The maximum Gasteiger partial charge on any atom is 0.239 e. The Morgan fingerprint density at radius 2 is 2.25 bits per heavy atom. The number of nitrogens with two attached hydrogens (primary N) is 1. The Bertz CT molecular complexity index is 231. The molecule has 1 saturated heterocycles. The van der Waals surface area contributed by atoms with Crippen molar-refractivity contribution >= 4 is 5.91 Å². The van der Waals surface area contributed by atoms with E-state index in [1.807, 2.05) is 4.90 Å². The average Bonchev–Trinajstić information content (AvgIpc) is 2.27. The standard InChI is InChI=1S/C12H24N2O2/c1-9(2)7-11(13)12(15)14-6-4-5-10(8-14)16-3/h9-11H,4-8,13H2,1-3H3/t10-,11-/m0/s1. The number of amides is 1. The minimum Gasteiger partial charge on any atom is -0.380 e. The Labute approximate surface area is 98.1 Å². The van der Waals surface area contributed by atoms with Crippen LogP contribution in [0.25, 0.3) is 0 Å². The normalized spacial score (nSPS) is 23.6. The summed E-state index contributed by atoms with van der Waals surface area (Å²) in [6.45, 7) is 5.69. The molecule has 4 heteroatoms. The summed E-state index contributed by atoms with van der Waals surface area (Å²) >= 11 is 0. The van der Waals surface area contributed by atoms with Crippen LogP contribution >= 0.6 is 0 Å². The molecule has 2 atom stereocenters. The van der Waals surface area contributed by atoms with Crippen LogP contribution in [0.5, 0.6) is 0 Å². The highest BCUT2D eigenvalue weighted by Crippen LogP contribution is 2.14. The molecule has 94 valence electrons. The minimum absolute atomic E-state index is 0.0791. The summed E-state index contributed by atoms with van der Waals surface area (Å²) in [5, 5.41) is 0. The second kappa shape index (κ2) is 6.21. The van der Waals surface area contributed by atoms with Crippen LogP contribution in [0.4, 0.5) is 0 Å². The van der Waals surface area contributed by atoms with Gasteiger partial charge < -0.3 is 15.4 Å². The van der Waals surface area contributed by atoms with Crippen molar-refractivity contribution < 1.29 is 9.53 Å². The summed E-state index contributed by atoms with van der Waals surface area (Å²) in [6.07, 6.45) is 3.00. The fraction of sp³-hybridized carbons (Fsp3) is 0.917. The van der Waals surface area contributed by atoms with E-state index in [2.05, 4.69) is 13.8 Å². The number of ether oxygens (including phenoxy) is 1. The lowest BCUT2D eigenvalue weighted by atomic mass is 10.0. The molecule has 1 heterocycles. The number of nitrogens with zero attached hydrogens (tertiary/aromatic N) is 1. The lowest BCUT2D eigenvalue weighted by Crippen LogP contribution is -2.50. The number of hydrogen-bond donors (Lipinski definition) is 1. The quantitative estimate of drug-likeness (QED) is 0.781. The number of hydrogen-bond acceptors (Lipinski definition) is 3. The van der Waals surface area contributed by atoms with Gasteiger partial charge in [-0.25, -0.2) is 0 Å². The highest BCUT2D eigenvalue weighted by atomic mass is 16.5. The summed E-state index contributed by atoms with van der Waals surface area (Å²) in [7, 11) is 1.70. The van der Waals surface area contributed by atoms with E-state index < -0.39 is 0 Å². The molecule has 16 heavy (non-hydrogen) atoms. The van der Waals surface area contributed by atoms with Gasteiger partial charge in [-0.2, -0.15) is 0 Å². The second-order valence-electron chi connectivity index (χ2n) is 5.02. The number of piperidine rings is 1. The zero-order valence-electron chi connectivity index (χ0n) is 10.6. The average molecular weight is 228 g/mol. The Morgan fingerprint density at radius 3 is 2.81 bits per heavy atom. The molecule has 0 aromatic rings. The highest BCUT2D eigenvalue weighted by molar-refractivity contribution is 5.81. The van der Waals surface area contributed by atoms with E-state index in [-0.39, 0.29) is 18.1 Å². The number of rotatable bonds is 4. The van der Waals surface area contributed by atoms with Gasteiger partial charge in [-0.05, 0) is 25.2 Å². The zero-order chi connectivity index (χ0) is 12.1. The molecule has 0 spiro atoms. The predicted molar refractivity (Wildman–Crippen MR) is 64.0 cm³/mol. The van der Waals surface area contributed by atoms with Crippen LogP contribution in [0.1, 0.15) is 33.1 Å². The van der Waals surface area contributed by atoms with Crippen LogP contribution < -0.4 is 5.73 Å². The van der Waals surface area contributed by atoms with Gasteiger partial charge in [-0.1, -0.05) is 13.8 Å². The lowest BCUT2D eigenvalue weighted by molar-refractivity contribution is -0.136. The summed E-state index contributed by atoms with van der Waals surface area (Å²) in [6, 6.07) is -0.351. The van der Waals surface area contributed by atoms with E-state index in [0.29, 0.717) is 12.5 Å². The minimum atomic E-state index is -0.351. The maximum absolute atomic E-state index is 12.0. The van der Waals surface area contributed by atoms with Crippen LogP contribution in [-0.2, 0) is 9.53 Å². The molecule has 1 amide bonds. The van der Waals surface area contributed by atoms with Crippen LogP contribution in [-0.4, -0.2) is 43.2 Å². The molecule has 1 aliphatic heterocycles. The summed E-state index contributed by atoms with van der Waals surface area (Å²) in [5.41, 5.74) is 5.90. The fourth-order valence-corrected chi connectivity index (χ4v) is 2.17. The van der Waals surface area contributed by atoms with E-state index in [1.54, 1.807) is 7.11 Å². The van der Waals surface area contributed by atoms with Crippen LogP contribution in [0.3, 0.4) is 0 Å². The monoisotopic (exact) mass is 228 g/mol. The Hall–Kier alpha value is -0.610. The molecular formula is C12H24N2O2. The topological polar surface area (TPSA) is 55.6 Å². The SMILES string of the molecule is CO[C@H]1CCCN(C(=O)[C@@H](N)CC(C)C)C1. The molecular weight excluding hydrogens is 204 g/mol. The molecule has 1 aliphatic rings. The van der Waals surface area contributed by atoms with Crippen molar-refractivity contribution in [3.63, 3.8) is 0 Å². The van der Waals surface area contributed by atoms with Crippen molar-refractivity contribution in [3.05, 3.63) is 0 Å². The van der Waals surface area contributed by atoms with Gasteiger partial charge in [-0.15, -0.1) is 0 Å². The third kappa shape index (κ3) is 3.76. The molecule has 0 aromatic carbocycles. The van der Waals surface area contributed by atoms with Gasteiger partial charge in [0, 0.05) is 20.2 Å². The maximum atomic E-state index is 12.0. The van der Waals surface area contributed by atoms with Gasteiger partial charge in [0.15, 0.2) is 0 Å². The number of methoxy groups -OCH3 is 1. The summed E-state index contributed by atoms with van der Waals surface area (Å²) in [4.78, 5) is 13.9. The molecule has 0 saturated carbocycles. The van der Waals surface area contributed by atoms with E-state index in [4.69, 9.17) is 10.5 Å². The first-order valence-corrected chi connectivity index (χ1v) is 6.11. The molecule has 2 N–H and O–H groups in total. The van der Waals surface area contributed by atoms with E-state index in [1.165, 1.54) is 0 Å². The molecule has 0 aliphatic carbocycles. The number of carbonyl (C=O) groups is 1. The first-order chi connectivity index (χ1) is 7.54.